The smallest absolute Gasteiger partial charge is 0.246 e. The van der Waals surface area contributed by atoms with Crippen LogP contribution in [0.2, 0.25) is 0 Å². The Morgan fingerprint density at radius 3 is 2.79 bits per heavy atom. The van der Waals surface area contributed by atoms with E-state index in [1.165, 1.54) is 5.56 Å². The molecule has 0 spiro atoms. The van der Waals surface area contributed by atoms with Crippen molar-refractivity contribution in [3.8, 4) is 5.75 Å². The number of carbonyl (C=O) groups excluding carboxylic acids is 1. The standard InChI is InChI=1S/C23H25N3O2/c1-17-7-9-19-15-18(16-24-23(19)25-17)8-10-22(27)26-13-11-21(12-14-26)28-20-5-3-2-4-6-20/h2-6,8,10,15-16,21H,1,7,9,11-14H2,(H,24,25)/b10-8+. The van der Waals surface area contributed by atoms with Crippen molar-refractivity contribution < 1.29 is 9.53 Å². The van der Waals surface area contributed by atoms with E-state index < -0.39 is 0 Å². The van der Waals surface area contributed by atoms with E-state index in [1.807, 2.05) is 41.3 Å². The predicted molar refractivity (Wildman–Crippen MR) is 111 cm³/mol. The zero-order valence-electron chi connectivity index (χ0n) is 15.9. The zero-order chi connectivity index (χ0) is 19.3. The van der Waals surface area contributed by atoms with Crippen LogP contribution in [0.5, 0.6) is 5.75 Å². The van der Waals surface area contributed by atoms with Crippen LogP contribution >= 0.6 is 0 Å². The molecule has 1 aromatic heterocycles. The van der Waals surface area contributed by atoms with Crippen LogP contribution in [-0.4, -0.2) is 35.0 Å². The quantitative estimate of drug-likeness (QED) is 0.820. The van der Waals surface area contributed by atoms with Crippen molar-refractivity contribution in [2.24, 2.45) is 0 Å². The third kappa shape index (κ3) is 4.42. The number of allylic oxidation sites excluding steroid dienone is 1. The van der Waals surface area contributed by atoms with Crippen molar-refractivity contribution in [1.82, 2.24) is 9.88 Å². The second kappa shape index (κ2) is 8.30. The van der Waals surface area contributed by atoms with Crippen LogP contribution in [-0.2, 0) is 11.2 Å². The monoisotopic (exact) mass is 375 g/mol. The third-order valence-electron chi connectivity index (χ3n) is 5.20. The first-order valence-electron chi connectivity index (χ1n) is 9.80. The average molecular weight is 375 g/mol. The van der Waals surface area contributed by atoms with Crippen LogP contribution in [0.25, 0.3) is 6.08 Å². The summed E-state index contributed by atoms with van der Waals surface area (Å²) in [7, 11) is 0. The van der Waals surface area contributed by atoms with Crippen molar-refractivity contribution in [2.45, 2.75) is 31.8 Å². The van der Waals surface area contributed by atoms with Crippen LogP contribution in [0.1, 0.15) is 30.4 Å². The lowest BCUT2D eigenvalue weighted by molar-refractivity contribution is -0.127. The summed E-state index contributed by atoms with van der Waals surface area (Å²) in [5, 5.41) is 3.21. The number of aryl methyl sites for hydroxylation is 1. The first kappa shape index (κ1) is 18.3. The fraction of sp³-hybridized carbons (Fsp3) is 0.304. The first-order valence-corrected chi connectivity index (χ1v) is 9.80. The molecule has 1 saturated heterocycles. The summed E-state index contributed by atoms with van der Waals surface area (Å²) in [4.78, 5) is 18.9. The highest BCUT2D eigenvalue weighted by molar-refractivity contribution is 5.91. The van der Waals surface area contributed by atoms with Crippen molar-refractivity contribution in [2.75, 3.05) is 18.4 Å². The molecule has 144 valence electrons. The largest absolute Gasteiger partial charge is 0.490 e. The molecule has 5 heteroatoms. The van der Waals surface area contributed by atoms with Crippen molar-refractivity contribution in [3.63, 3.8) is 0 Å². The number of para-hydroxylation sites is 1. The summed E-state index contributed by atoms with van der Waals surface area (Å²) in [6.07, 6.45) is 9.01. The van der Waals surface area contributed by atoms with Crippen molar-refractivity contribution in [3.05, 3.63) is 72.1 Å². The Morgan fingerprint density at radius 1 is 1.21 bits per heavy atom. The number of hydrogen-bond acceptors (Lipinski definition) is 4. The molecule has 2 aliphatic heterocycles. The number of aromatic nitrogens is 1. The number of ether oxygens (including phenoxy) is 1. The van der Waals surface area contributed by atoms with Gasteiger partial charge in [0.05, 0.1) is 0 Å². The van der Waals surface area contributed by atoms with Gasteiger partial charge in [-0.3, -0.25) is 4.79 Å². The second-order valence-electron chi connectivity index (χ2n) is 7.29. The molecule has 5 nitrogen and oxygen atoms in total. The summed E-state index contributed by atoms with van der Waals surface area (Å²) in [5.74, 6) is 1.81. The van der Waals surface area contributed by atoms with Crippen LogP contribution in [0.15, 0.2) is 60.9 Å². The minimum atomic E-state index is 0.0439. The molecule has 4 rings (SSSR count). The molecule has 1 aromatic carbocycles. The van der Waals surface area contributed by atoms with Gasteiger partial charge < -0.3 is 15.0 Å². The second-order valence-corrected chi connectivity index (χ2v) is 7.29. The Bertz CT molecular complexity index is 884. The lowest BCUT2D eigenvalue weighted by atomic mass is 10.0. The number of carbonyl (C=O) groups is 1. The molecule has 0 radical (unpaired) electrons. The number of likely N-dealkylation sites (tertiary alicyclic amines) is 1. The van der Waals surface area contributed by atoms with Gasteiger partial charge in [0.15, 0.2) is 0 Å². The van der Waals surface area contributed by atoms with Gasteiger partial charge in [0.2, 0.25) is 5.91 Å². The molecule has 0 unspecified atom stereocenters. The molecular formula is C23H25N3O2. The van der Waals surface area contributed by atoms with Crippen LogP contribution in [0.3, 0.4) is 0 Å². The number of nitrogens with zero attached hydrogens (tertiary/aromatic N) is 2. The normalized spacial score (nSPS) is 17.3. The third-order valence-corrected chi connectivity index (χ3v) is 5.20. The van der Waals surface area contributed by atoms with Gasteiger partial charge >= 0.3 is 0 Å². The molecular weight excluding hydrogens is 350 g/mol. The Labute approximate surface area is 165 Å². The maximum absolute atomic E-state index is 12.5. The highest BCUT2D eigenvalue weighted by Crippen LogP contribution is 2.25. The predicted octanol–water partition coefficient (Wildman–Crippen LogP) is 4.04. The maximum Gasteiger partial charge on any atom is 0.246 e. The van der Waals surface area contributed by atoms with Gasteiger partial charge in [-0.05, 0) is 48.2 Å². The van der Waals surface area contributed by atoms with Gasteiger partial charge in [0.25, 0.3) is 0 Å². The number of anilines is 1. The molecule has 0 bridgehead atoms. The van der Waals surface area contributed by atoms with Gasteiger partial charge in [-0.15, -0.1) is 0 Å². The molecule has 0 atom stereocenters. The lowest BCUT2D eigenvalue weighted by Crippen LogP contribution is -2.41. The van der Waals surface area contributed by atoms with Crippen molar-refractivity contribution in [1.29, 1.82) is 0 Å². The molecule has 2 aliphatic rings. The topological polar surface area (TPSA) is 54.5 Å². The molecule has 1 amide bonds. The molecule has 0 saturated carbocycles. The Balaban J connectivity index is 1.30. The highest BCUT2D eigenvalue weighted by atomic mass is 16.5. The zero-order valence-corrected chi connectivity index (χ0v) is 15.9. The van der Waals surface area contributed by atoms with Crippen molar-refractivity contribution >= 4 is 17.8 Å². The number of rotatable bonds is 4. The average Bonchev–Trinajstić information content (AvgIpc) is 2.73. The number of fused-ring (bicyclic) bond motifs is 1. The Kier molecular flexibility index (Phi) is 5.42. The Hall–Kier alpha value is -3.08. The number of piperidine rings is 1. The SMILES string of the molecule is C=C1CCc2cc(/C=C/C(=O)N3CCC(Oc4ccccc4)CC3)cnc2N1. The molecule has 0 aliphatic carbocycles. The first-order chi connectivity index (χ1) is 13.7. The van der Waals surface area contributed by atoms with Gasteiger partial charge in [0, 0.05) is 43.9 Å². The highest BCUT2D eigenvalue weighted by Gasteiger charge is 2.22. The summed E-state index contributed by atoms with van der Waals surface area (Å²) in [6, 6.07) is 12.0. The van der Waals surface area contributed by atoms with E-state index in [0.717, 1.165) is 61.6 Å². The summed E-state index contributed by atoms with van der Waals surface area (Å²) >= 11 is 0. The van der Waals surface area contributed by atoms with E-state index in [0.29, 0.717) is 0 Å². The van der Waals surface area contributed by atoms with Gasteiger partial charge in [-0.2, -0.15) is 0 Å². The van der Waals surface area contributed by atoms with Crippen LogP contribution < -0.4 is 10.1 Å². The molecule has 1 fully saturated rings. The maximum atomic E-state index is 12.5. The fourth-order valence-electron chi connectivity index (χ4n) is 3.60. The number of benzene rings is 1. The minimum absolute atomic E-state index is 0.0439. The van der Waals surface area contributed by atoms with E-state index in [2.05, 4.69) is 22.9 Å². The number of nitrogens with one attached hydrogen (secondary N) is 1. The van der Waals surface area contributed by atoms with Crippen LogP contribution in [0, 0.1) is 0 Å². The molecule has 28 heavy (non-hydrogen) atoms. The number of pyridine rings is 1. The van der Waals surface area contributed by atoms with Gasteiger partial charge in [0.1, 0.15) is 17.7 Å². The minimum Gasteiger partial charge on any atom is -0.490 e. The van der Waals surface area contributed by atoms with E-state index in [9.17, 15) is 4.79 Å². The summed E-state index contributed by atoms with van der Waals surface area (Å²) < 4.78 is 6.00. The van der Waals surface area contributed by atoms with Gasteiger partial charge in [-0.1, -0.05) is 24.8 Å². The number of hydrogen-bond donors (Lipinski definition) is 1. The summed E-state index contributed by atoms with van der Waals surface area (Å²) in [6.45, 7) is 5.39. The van der Waals surface area contributed by atoms with E-state index >= 15 is 0 Å². The lowest BCUT2D eigenvalue weighted by Gasteiger charge is -2.31. The Morgan fingerprint density at radius 2 is 2.00 bits per heavy atom. The van der Waals surface area contributed by atoms with E-state index in [-0.39, 0.29) is 12.0 Å². The molecule has 3 heterocycles. The number of amides is 1. The van der Waals surface area contributed by atoms with E-state index in [1.54, 1.807) is 12.3 Å². The molecule has 1 N–H and O–H groups in total. The fourth-order valence-corrected chi connectivity index (χ4v) is 3.60. The van der Waals surface area contributed by atoms with E-state index in [4.69, 9.17) is 4.74 Å². The molecule has 2 aromatic rings. The van der Waals surface area contributed by atoms with Crippen LogP contribution in [0.4, 0.5) is 5.82 Å². The van der Waals surface area contributed by atoms with Gasteiger partial charge in [-0.25, -0.2) is 4.98 Å². The summed E-state index contributed by atoms with van der Waals surface area (Å²) in [5.41, 5.74) is 3.11.